The highest BCUT2D eigenvalue weighted by molar-refractivity contribution is 6.07. The number of morpholine rings is 1. The Morgan fingerprint density at radius 3 is 2.72 bits per heavy atom. The number of hydrogen-bond acceptors (Lipinski definition) is 5. The van der Waals surface area contributed by atoms with E-state index in [-0.39, 0.29) is 24.7 Å². The molecule has 3 aromatic rings. The monoisotopic (exact) mass is 392 g/mol. The van der Waals surface area contributed by atoms with Crippen LogP contribution < -0.4 is 4.74 Å². The van der Waals surface area contributed by atoms with Gasteiger partial charge in [0.05, 0.1) is 49.2 Å². The van der Waals surface area contributed by atoms with Crippen LogP contribution in [0.4, 0.5) is 0 Å². The van der Waals surface area contributed by atoms with Gasteiger partial charge in [0.2, 0.25) is 0 Å². The van der Waals surface area contributed by atoms with E-state index in [2.05, 4.69) is 0 Å². The van der Waals surface area contributed by atoms with Crippen molar-refractivity contribution in [1.29, 1.82) is 0 Å². The number of aliphatic hydroxyl groups is 1. The average molecular weight is 392 g/mol. The molecule has 1 saturated heterocycles. The number of aliphatic hydroxyl groups excluding tert-OH is 1. The molecule has 1 aromatic heterocycles. The highest BCUT2D eigenvalue weighted by Crippen LogP contribution is 2.28. The molecule has 0 saturated carbocycles. The lowest BCUT2D eigenvalue weighted by atomic mass is 10.0. The van der Waals surface area contributed by atoms with Crippen molar-refractivity contribution >= 4 is 16.8 Å². The summed E-state index contributed by atoms with van der Waals surface area (Å²) < 4.78 is 10.8. The van der Waals surface area contributed by atoms with Crippen LogP contribution in [-0.4, -0.2) is 59.9 Å². The second-order valence-electron chi connectivity index (χ2n) is 7.25. The molecule has 1 aliphatic rings. The third kappa shape index (κ3) is 3.81. The van der Waals surface area contributed by atoms with Crippen LogP contribution in [-0.2, 0) is 4.74 Å². The molecule has 4 rings (SSSR count). The van der Waals surface area contributed by atoms with Gasteiger partial charge in [0.15, 0.2) is 0 Å². The molecule has 2 heterocycles. The second kappa shape index (κ2) is 8.19. The number of aromatic nitrogens is 1. The van der Waals surface area contributed by atoms with E-state index >= 15 is 0 Å². The predicted molar refractivity (Wildman–Crippen MR) is 111 cm³/mol. The number of methoxy groups -OCH3 is 1. The molecular formula is C23H24N2O4. The highest BCUT2D eigenvalue weighted by Gasteiger charge is 2.31. The van der Waals surface area contributed by atoms with Crippen LogP contribution in [0, 0.1) is 0 Å². The van der Waals surface area contributed by atoms with E-state index < -0.39 is 0 Å². The minimum atomic E-state index is -0.357. The number of amides is 1. The summed E-state index contributed by atoms with van der Waals surface area (Å²) in [6.07, 6.45) is -0.357. The van der Waals surface area contributed by atoms with E-state index in [1.54, 1.807) is 12.0 Å². The minimum absolute atomic E-state index is 0.0679. The molecule has 1 aliphatic heterocycles. The number of para-hydroxylation sites is 1. The van der Waals surface area contributed by atoms with E-state index in [1.165, 1.54) is 0 Å². The summed E-state index contributed by atoms with van der Waals surface area (Å²) >= 11 is 0. The van der Waals surface area contributed by atoms with Crippen LogP contribution >= 0.6 is 0 Å². The molecule has 0 aliphatic carbocycles. The Hall–Kier alpha value is -2.96. The summed E-state index contributed by atoms with van der Waals surface area (Å²) in [4.78, 5) is 20.1. The molecule has 2 aromatic carbocycles. The fraction of sp³-hybridized carbons (Fsp3) is 0.304. The maximum atomic E-state index is 13.5. The molecule has 2 atom stereocenters. The number of fused-ring (bicyclic) bond motifs is 1. The third-order valence-corrected chi connectivity index (χ3v) is 5.30. The van der Waals surface area contributed by atoms with E-state index in [4.69, 9.17) is 14.5 Å². The SMILES string of the molecule is COc1ccc(-c2cc(C(=O)N3C[C@@H](CO)OC[C@@H]3C)c3ccccc3n2)cc1. The van der Waals surface area contributed by atoms with Gasteiger partial charge in [0.1, 0.15) is 5.75 Å². The number of hydrogen-bond donors (Lipinski definition) is 1. The van der Waals surface area contributed by atoms with Crippen molar-refractivity contribution in [1.82, 2.24) is 9.88 Å². The van der Waals surface area contributed by atoms with Crippen LogP contribution in [0.3, 0.4) is 0 Å². The first-order chi connectivity index (χ1) is 14.1. The van der Waals surface area contributed by atoms with Gasteiger partial charge in [-0.2, -0.15) is 0 Å². The van der Waals surface area contributed by atoms with Gasteiger partial charge in [-0.25, -0.2) is 4.98 Å². The summed E-state index contributed by atoms with van der Waals surface area (Å²) in [6, 6.07) is 17.1. The van der Waals surface area contributed by atoms with Crippen LogP contribution in [0.15, 0.2) is 54.6 Å². The summed E-state index contributed by atoms with van der Waals surface area (Å²) in [5.41, 5.74) is 3.01. The number of carbonyl (C=O) groups excluding carboxylic acids is 1. The van der Waals surface area contributed by atoms with Crippen LogP contribution in [0.1, 0.15) is 17.3 Å². The molecule has 6 nitrogen and oxygen atoms in total. The van der Waals surface area contributed by atoms with Crippen molar-refractivity contribution in [2.24, 2.45) is 0 Å². The van der Waals surface area contributed by atoms with Gasteiger partial charge < -0.3 is 19.5 Å². The average Bonchev–Trinajstić information content (AvgIpc) is 2.78. The summed E-state index contributed by atoms with van der Waals surface area (Å²) in [5, 5.41) is 10.3. The van der Waals surface area contributed by atoms with E-state index in [9.17, 15) is 9.90 Å². The van der Waals surface area contributed by atoms with Gasteiger partial charge in [-0.15, -0.1) is 0 Å². The molecule has 150 valence electrons. The van der Waals surface area contributed by atoms with Gasteiger partial charge in [-0.3, -0.25) is 4.79 Å². The number of ether oxygens (including phenoxy) is 2. The lowest BCUT2D eigenvalue weighted by Gasteiger charge is -2.37. The molecular weight excluding hydrogens is 368 g/mol. The van der Waals surface area contributed by atoms with E-state index in [0.29, 0.717) is 18.7 Å². The molecule has 1 amide bonds. The van der Waals surface area contributed by atoms with Crippen molar-refractivity contribution in [3.8, 4) is 17.0 Å². The lowest BCUT2D eigenvalue weighted by molar-refractivity contribution is -0.0666. The van der Waals surface area contributed by atoms with Gasteiger partial charge >= 0.3 is 0 Å². The smallest absolute Gasteiger partial charge is 0.255 e. The Morgan fingerprint density at radius 1 is 1.24 bits per heavy atom. The standard InChI is InChI=1S/C23H24N2O4/c1-15-14-29-18(13-26)12-25(15)23(27)20-11-22(16-7-9-17(28-2)10-8-16)24-21-6-4-3-5-19(20)21/h3-11,15,18,26H,12-14H2,1-2H3/t15-,18-/m0/s1. The zero-order valence-electron chi connectivity index (χ0n) is 16.5. The zero-order valence-corrected chi connectivity index (χ0v) is 16.5. The first-order valence-electron chi connectivity index (χ1n) is 9.68. The molecule has 0 bridgehead atoms. The van der Waals surface area contributed by atoms with Gasteiger partial charge in [-0.05, 0) is 43.3 Å². The maximum Gasteiger partial charge on any atom is 0.255 e. The summed E-state index contributed by atoms with van der Waals surface area (Å²) in [6.45, 7) is 2.63. The Morgan fingerprint density at radius 2 is 2.00 bits per heavy atom. The van der Waals surface area contributed by atoms with Gasteiger partial charge in [0, 0.05) is 17.5 Å². The number of pyridine rings is 1. The molecule has 6 heteroatoms. The Balaban J connectivity index is 1.79. The molecule has 0 unspecified atom stereocenters. The minimum Gasteiger partial charge on any atom is -0.497 e. The predicted octanol–water partition coefficient (Wildman–Crippen LogP) is 3.13. The Labute approximate surface area is 169 Å². The summed E-state index contributed by atoms with van der Waals surface area (Å²) in [7, 11) is 1.63. The molecule has 0 radical (unpaired) electrons. The van der Waals surface area contributed by atoms with Crippen molar-refractivity contribution in [2.45, 2.75) is 19.1 Å². The largest absolute Gasteiger partial charge is 0.497 e. The number of carbonyl (C=O) groups is 1. The molecule has 29 heavy (non-hydrogen) atoms. The van der Waals surface area contributed by atoms with E-state index in [0.717, 1.165) is 27.9 Å². The van der Waals surface area contributed by atoms with Crippen LogP contribution in [0.5, 0.6) is 5.75 Å². The Bertz CT molecular complexity index is 1020. The molecule has 1 fully saturated rings. The third-order valence-electron chi connectivity index (χ3n) is 5.30. The fourth-order valence-electron chi connectivity index (χ4n) is 3.63. The van der Waals surface area contributed by atoms with E-state index in [1.807, 2.05) is 61.5 Å². The molecule has 1 N–H and O–H groups in total. The first kappa shape index (κ1) is 19.4. The highest BCUT2D eigenvalue weighted by atomic mass is 16.5. The molecule has 0 spiro atoms. The summed E-state index contributed by atoms with van der Waals surface area (Å²) in [5.74, 6) is 0.690. The van der Waals surface area contributed by atoms with Crippen molar-refractivity contribution in [3.05, 3.63) is 60.2 Å². The second-order valence-corrected chi connectivity index (χ2v) is 7.25. The van der Waals surface area contributed by atoms with Crippen molar-refractivity contribution < 1.29 is 19.4 Å². The lowest BCUT2D eigenvalue weighted by Crippen LogP contribution is -2.52. The van der Waals surface area contributed by atoms with Gasteiger partial charge in [-0.1, -0.05) is 18.2 Å². The van der Waals surface area contributed by atoms with Crippen LogP contribution in [0.2, 0.25) is 0 Å². The normalized spacial score (nSPS) is 19.3. The zero-order chi connectivity index (χ0) is 20.4. The van der Waals surface area contributed by atoms with Crippen molar-refractivity contribution in [3.63, 3.8) is 0 Å². The van der Waals surface area contributed by atoms with Gasteiger partial charge in [0.25, 0.3) is 5.91 Å². The quantitative estimate of drug-likeness (QED) is 0.739. The van der Waals surface area contributed by atoms with Crippen LogP contribution in [0.25, 0.3) is 22.2 Å². The van der Waals surface area contributed by atoms with Crippen molar-refractivity contribution in [2.75, 3.05) is 26.9 Å². The number of rotatable bonds is 4. The number of benzene rings is 2. The maximum absolute atomic E-state index is 13.5. The number of nitrogens with zero attached hydrogens (tertiary/aromatic N) is 2. The Kier molecular flexibility index (Phi) is 5.47. The topological polar surface area (TPSA) is 71.9 Å². The first-order valence-corrected chi connectivity index (χ1v) is 9.68. The fourth-order valence-corrected chi connectivity index (χ4v) is 3.63.